The van der Waals surface area contributed by atoms with Crippen molar-refractivity contribution in [2.45, 2.75) is 24.7 Å². The van der Waals surface area contributed by atoms with Gasteiger partial charge >= 0.3 is 0 Å². The quantitative estimate of drug-likeness (QED) is 0.486. The molecule has 1 aromatic rings. The van der Waals surface area contributed by atoms with Crippen LogP contribution in [-0.2, 0) is 15.5 Å². The third-order valence-electron chi connectivity index (χ3n) is 2.29. The molecule has 0 fully saturated rings. The van der Waals surface area contributed by atoms with Crippen LogP contribution in [-0.4, -0.2) is 13.3 Å². The van der Waals surface area contributed by atoms with Gasteiger partial charge in [-0.3, -0.25) is 10.1 Å². The Kier molecular flexibility index (Phi) is 4.23. The summed E-state index contributed by atoms with van der Waals surface area (Å²) in [5.74, 6) is 0. The molecule has 5 nitrogen and oxygen atoms in total. The summed E-state index contributed by atoms with van der Waals surface area (Å²) in [7, 11) is 0.525. The van der Waals surface area contributed by atoms with Crippen molar-refractivity contribution in [1.29, 1.82) is 0 Å². The molecule has 0 bridgehead atoms. The average Bonchev–Trinajstić information content (AvgIpc) is 2.25. The summed E-state index contributed by atoms with van der Waals surface area (Å²) < 4.78 is 47.7. The van der Waals surface area contributed by atoms with Crippen LogP contribution in [0.2, 0.25) is 0 Å². The summed E-state index contributed by atoms with van der Waals surface area (Å²) in [5, 5.41) is 10.7. The van der Waals surface area contributed by atoms with Crippen molar-refractivity contribution >= 4 is 25.4 Å². The molecule has 100 valence electrons. The summed E-state index contributed by atoms with van der Waals surface area (Å²) >= 11 is 0. The van der Waals surface area contributed by atoms with Crippen LogP contribution in [0.5, 0.6) is 0 Å². The van der Waals surface area contributed by atoms with Crippen molar-refractivity contribution in [2.75, 3.05) is 0 Å². The van der Waals surface area contributed by atoms with Gasteiger partial charge in [0.15, 0.2) is 0 Å². The van der Waals surface area contributed by atoms with E-state index in [1.807, 2.05) is 0 Å². The van der Waals surface area contributed by atoms with Crippen LogP contribution in [0.25, 0.3) is 0 Å². The lowest BCUT2D eigenvalue weighted by atomic mass is 10.1. The number of nitro benzene ring substituents is 1. The largest absolute Gasteiger partial charge is 0.273 e. The zero-order valence-electron chi connectivity index (χ0n) is 9.06. The Morgan fingerprint density at radius 3 is 2.33 bits per heavy atom. The SMILES string of the molecule is CCc1cc(C(F)F)c(S(=O)(=O)Cl)cc1[N+](=O)[O-]. The Labute approximate surface area is 106 Å². The maximum Gasteiger partial charge on any atom is 0.273 e. The van der Waals surface area contributed by atoms with Gasteiger partial charge < -0.3 is 0 Å². The van der Waals surface area contributed by atoms with Gasteiger partial charge in [0.05, 0.1) is 9.82 Å². The predicted octanol–water partition coefficient (Wildman–Crippen LogP) is 3.02. The zero-order valence-corrected chi connectivity index (χ0v) is 10.6. The number of rotatable bonds is 4. The molecule has 0 aromatic heterocycles. The molecular formula is C9H8ClF2NO4S. The highest BCUT2D eigenvalue weighted by molar-refractivity contribution is 8.13. The van der Waals surface area contributed by atoms with Gasteiger partial charge in [-0.25, -0.2) is 17.2 Å². The molecule has 0 saturated heterocycles. The fourth-order valence-electron chi connectivity index (χ4n) is 1.47. The number of nitro groups is 1. The van der Waals surface area contributed by atoms with E-state index >= 15 is 0 Å². The third-order valence-corrected chi connectivity index (χ3v) is 3.66. The van der Waals surface area contributed by atoms with Crippen LogP contribution in [0.1, 0.15) is 24.5 Å². The summed E-state index contributed by atoms with van der Waals surface area (Å²) in [5.41, 5.74) is -1.34. The topological polar surface area (TPSA) is 77.3 Å². The minimum absolute atomic E-state index is 0.0272. The minimum atomic E-state index is -4.47. The first-order valence-electron chi connectivity index (χ1n) is 4.72. The average molecular weight is 300 g/mol. The van der Waals surface area contributed by atoms with Crippen LogP contribution in [0.4, 0.5) is 14.5 Å². The molecule has 0 unspecified atom stereocenters. The lowest BCUT2D eigenvalue weighted by Gasteiger charge is -2.08. The van der Waals surface area contributed by atoms with Crippen molar-refractivity contribution in [2.24, 2.45) is 0 Å². The summed E-state index contributed by atoms with van der Waals surface area (Å²) in [6.45, 7) is 1.53. The smallest absolute Gasteiger partial charge is 0.258 e. The predicted molar refractivity (Wildman–Crippen MR) is 60.5 cm³/mol. The van der Waals surface area contributed by atoms with Crippen LogP contribution < -0.4 is 0 Å². The first kappa shape index (κ1) is 14.8. The van der Waals surface area contributed by atoms with E-state index in [2.05, 4.69) is 0 Å². The number of hydrogen-bond acceptors (Lipinski definition) is 4. The van der Waals surface area contributed by atoms with E-state index in [1.54, 1.807) is 0 Å². The Morgan fingerprint density at radius 1 is 1.44 bits per heavy atom. The highest BCUT2D eigenvalue weighted by Gasteiger charge is 2.27. The molecule has 1 rings (SSSR count). The number of halogens is 3. The molecule has 0 amide bonds. The second kappa shape index (κ2) is 5.15. The van der Waals surface area contributed by atoms with E-state index in [0.29, 0.717) is 6.07 Å². The van der Waals surface area contributed by atoms with E-state index in [4.69, 9.17) is 10.7 Å². The molecule has 0 spiro atoms. The normalized spacial score (nSPS) is 11.8. The van der Waals surface area contributed by atoms with Gasteiger partial charge in [0, 0.05) is 27.9 Å². The fraction of sp³-hybridized carbons (Fsp3) is 0.333. The highest BCUT2D eigenvalue weighted by atomic mass is 35.7. The third kappa shape index (κ3) is 2.94. The van der Waals surface area contributed by atoms with Crippen LogP contribution >= 0.6 is 10.7 Å². The summed E-state index contributed by atoms with van der Waals surface area (Å²) in [6, 6.07) is 1.38. The number of aryl methyl sites for hydroxylation is 1. The number of alkyl halides is 2. The van der Waals surface area contributed by atoms with Gasteiger partial charge in [-0.15, -0.1) is 0 Å². The molecule has 1 aromatic carbocycles. The first-order valence-corrected chi connectivity index (χ1v) is 7.03. The number of nitrogens with zero attached hydrogens (tertiary/aromatic N) is 1. The summed E-state index contributed by atoms with van der Waals surface area (Å²) in [4.78, 5) is 8.96. The lowest BCUT2D eigenvalue weighted by molar-refractivity contribution is -0.385. The van der Waals surface area contributed by atoms with E-state index < -0.39 is 36.5 Å². The Morgan fingerprint density at radius 2 is 2.00 bits per heavy atom. The first-order chi connectivity index (χ1) is 8.18. The van der Waals surface area contributed by atoms with Gasteiger partial charge in [-0.1, -0.05) is 6.92 Å². The Balaban J connectivity index is 3.69. The van der Waals surface area contributed by atoms with Crippen LogP contribution in [0, 0.1) is 10.1 Å². The van der Waals surface area contributed by atoms with Crippen molar-refractivity contribution in [1.82, 2.24) is 0 Å². The molecule has 0 radical (unpaired) electrons. The Bertz CT molecular complexity index is 588. The van der Waals surface area contributed by atoms with Crippen LogP contribution in [0.15, 0.2) is 17.0 Å². The second-order valence-electron chi connectivity index (χ2n) is 3.37. The van der Waals surface area contributed by atoms with Crippen molar-refractivity contribution < 1.29 is 22.1 Å². The molecule has 0 atom stereocenters. The van der Waals surface area contributed by atoms with E-state index in [-0.39, 0.29) is 12.0 Å². The molecular weight excluding hydrogens is 292 g/mol. The maximum absolute atomic E-state index is 12.7. The standard InChI is InChI=1S/C9H8ClF2NO4S/c1-2-5-3-6(9(11)12)8(18(10,16)17)4-7(5)13(14)15/h3-4,9H,2H2,1H3. The summed E-state index contributed by atoms with van der Waals surface area (Å²) in [6.07, 6.45) is -2.96. The van der Waals surface area contributed by atoms with Gasteiger partial charge in [-0.05, 0) is 12.5 Å². The van der Waals surface area contributed by atoms with E-state index in [1.165, 1.54) is 6.92 Å². The minimum Gasteiger partial charge on any atom is -0.258 e. The molecule has 18 heavy (non-hydrogen) atoms. The highest BCUT2D eigenvalue weighted by Crippen LogP contribution is 2.34. The number of hydrogen-bond donors (Lipinski definition) is 0. The second-order valence-corrected chi connectivity index (χ2v) is 5.90. The van der Waals surface area contributed by atoms with E-state index in [9.17, 15) is 27.3 Å². The molecule has 0 saturated carbocycles. The van der Waals surface area contributed by atoms with Gasteiger partial charge in [0.1, 0.15) is 0 Å². The zero-order chi connectivity index (χ0) is 14.1. The number of benzene rings is 1. The molecule has 0 heterocycles. The fourth-order valence-corrected chi connectivity index (χ4v) is 2.55. The maximum atomic E-state index is 12.7. The van der Waals surface area contributed by atoms with Crippen molar-refractivity contribution in [3.05, 3.63) is 33.4 Å². The monoisotopic (exact) mass is 299 g/mol. The molecule has 0 aliphatic heterocycles. The van der Waals surface area contributed by atoms with Gasteiger partial charge in [-0.2, -0.15) is 0 Å². The molecule has 0 aliphatic carbocycles. The van der Waals surface area contributed by atoms with Crippen LogP contribution in [0.3, 0.4) is 0 Å². The van der Waals surface area contributed by atoms with E-state index in [0.717, 1.165) is 6.07 Å². The molecule has 0 aliphatic rings. The van der Waals surface area contributed by atoms with Crippen molar-refractivity contribution in [3.63, 3.8) is 0 Å². The van der Waals surface area contributed by atoms with Gasteiger partial charge in [0.25, 0.3) is 21.2 Å². The van der Waals surface area contributed by atoms with Crippen molar-refractivity contribution in [3.8, 4) is 0 Å². The lowest BCUT2D eigenvalue weighted by Crippen LogP contribution is -2.04. The Hall–Kier alpha value is -1.28. The van der Waals surface area contributed by atoms with Gasteiger partial charge in [0.2, 0.25) is 0 Å². The molecule has 9 heteroatoms. The molecule has 0 N–H and O–H groups in total.